The second-order valence-corrected chi connectivity index (χ2v) is 5.23. The van der Waals surface area contributed by atoms with Crippen LogP contribution in [-0.2, 0) is 0 Å². The Labute approximate surface area is 89.6 Å². The minimum Gasteiger partial charge on any atom is -0.330 e. The first-order valence-corrected chi connectivity index (χ1v) is 5.01. The van der Waals surface area contributed by atoms with Gasteiger partial charge in [0.1, 0.15) is 0 Å². The highest BCUT2D eigenvalue weighted by molar-refractivity contribution is 4.74. The van der Waals surface area contributed by atoms with E-state index in [0.717, 1.165) is 0 Å². The van der Waals surface area contributed by atoms with Gasteiger partial charge in [-0.2, -0.15) is 13.2 Å². The molecule has 0 heterocycles. The summed E-state index contributed by atoms with van der Waals surface area (Å²) in [6.07, 6.45) is -4.19. The third-order valence-electron chi connectivity index (χ3n) is 2.02. The van der Waals surface area contributed by atoms with E-state index in [1.807, 2.05) is 20.8 Å². The molecule has 0 spiro atoms. The molecule has 0 aliphatic carbocycles. The number of nitrogens with two attached hydrogens (primary N) is 1. The lowest BCUT2D eigenvalue weighted by atomic mass is 9.95. The summed E-state index contributed by atoms with van der Waals surface area (Å²) in [4.78, 5) is 1.69. The van der Waals surface area contributed by atoms with Crippen LogP contribution in [0.25, 0.3) is 0 Å². The van der Waals surface area contributed by atoms with Gasteiger partial charge in [0.05, 0.1) is 5.92 Å². The van der Waals surface area contributed by atoms with Crippen molar-refractivity contribution >= 4 is 0 Å². The van der Waals surface area contributed by atoms with Crippen LogP contribution in [0.2, 0.25) is 0 Å². The summed E-state index contributed by atoms with van der Waals surface area (Å²) < 4.78 is 37.2. The fourth-order valence-corrected chi connectivity index (χ4v) is 1.56. The minimum atomic E-state index is -4.19. The molecular formula is C10H21F3N2. The lowest BCUT2D eigenvalue weighted by Gasteiger charge is -2.30. The molecule has 0 amide bonds. The average Bonchev–Trinajstić information content (AvgIpc) is 1.94. The highest BCUT2D eigenvalue weighted by Gasteiger charge is 2.39. The Balaban J connectivity index is 4.20. The van der Waals surface area contributed by atoms with E-state index in [-0.39, 0.29) is 18.5 Å². The summed E-state index contributed by atoms with van der Waals surface area (Å²) in [7, 11) is 1.69. The van der Waals surface area contributed by atoms with E-state index in [9.17, 15) is 13.2 Å². The van der Waals surface area contributed by atoms with Crippen molar-refractivity contribution in [3.63, 3.8) is 0 Å². The molecule has 0 saturated carbocycles. The van der Waals surface area contributed by atoms with Crippen LogP contribution < -0.4 is 5.73 Å². The molecule has 0 rings (SSSR count). The number of hydrogen-bond donors (Lipinski definition) is 1. The Morgan fingerprint density at radius 2 is 1.67 bits per heavy atom. The van der Waals surface area contributed by atoms with Crippen LogP contribution in [-0.4, -0.2) is 37.8 Å². The molecule has 92 valence electrons. The van der Waals surface area contributed by atoms with Crippen molar-refractivity contribution in [3.8, 4) is 0 Å². The predicted molar refractivity (Wildman–Crippen MR) is 55.6 cm³/mol. The van der Waals surface area contributed by atoms with Crippen LogP contribution in [0.3, 0.4) is 0 Å². The van der Waals surface area contributed by atoms with Crippen molar-refractivity contribution in [1.29, 1.82) is 0 Å². The summed E-state index contributed by atoms with van der Waals surface area (Å²) in [5.41, 5.74) is 5.12. The van der Waals surface area contributed by atoms with Gasteiger partial charge in [-0.15, -0.1) is 0 Å². The van der Waals surface area contributed by atoms with Crippen molar-refractivity contribution in [2.24, 2.45) is 17.1 Å². The molecule has 0 aromatic rings. The van der Waals surface area contributed by atoms with Gasteiger partial charge in [0.2, 0.25) is 0 Å². The molecule has 2 nitrogen and oxygen atoms in total. The minimum absolute atomic E-state index is 0.000499. The van der Waals surface area contributed by atoms with E-state index in [1.165, 1.54) is 0 Å². The standard InChI is InChI=1S/C10H21F3N2/c1-9(2,3)7-15(4)6-8(5-14)10(11,12)13/h8H,5-7,14H2,1-4H3. The molecular weight excluding hydrogens is 205 g/mol. The third kappa shape index (κ3) is 6.73. The third-order valence-corrected chi connectivity index (χ3v) is 2.02. The first-order chi connectivity index (χ1) is 6.56. The molecule has 15 heavy (non-hydrogen) atoms. The molecule has 1 unspecified atom stereocenters. The molecule has 0 fully saturated rings. The molecule has 0 saturated heterocycles. The lowest BCUT2D eigenvalue weighted by Crippen LogP contribution is -2.41. The molecule has 5 heteroatoms. The quantitative estimate of drug-likeness (QED) is 0.795. The number of halogens is 3. The Bertz CT molecular complexity index is 184. The molecule has 0 aliphatic heterocycles. The van der Waals surface area contributed by atoms with Crippen LogP contribution >= 0.6 is 0 Å². The SMILES string of the molecule is CN(CC(CN)C(F)(F)F)CC(C)(C)C. The largest absolute Gasteiger partial charge is 0.394 e. The molecule has 2 N–H and O–H groups in total. The van der Waals surface area contributed by atoms with Gasteiger partial charge in [-0.3, -0.25) is 0 Å². The topological polar surface area (TPSA) is 29.3 Å². The molecule has 1 atom stereocenters. The Kier molecular flexibility index (Phi) is 5.06. The van der Waals surface area contributed by atoms with Crippen molar-refractivity contribution in [1.82, 2.24) is 4.90 Å². The molecule has 0 aromatic heterocycles. The first kappa shape index (κ1) is 14.7. The van der Waals surface area contributed by atoms with Crippen molar-refractivity contribution in [2.45, 2.75) is 26.9 Å². The second-order valence-electron chi connectivity index (χ2n) is 5.23. The summed E-state index contributed by atoms with van der Waals surface area (Å²) in [5, 5.41) is 0. The van der Waals surface area contributed by atoms with Gasteiger partial charge in [0, 0.05) is 19.6 Å². The summed E-state index contributed by atoms with van der Waals surface area (Å²) >= 11 is 0. The monoisotopic (exact) mass is 226 g/mol. The van der Waals surface area contributed by atoms with Crippen molar-refractivity contribution in [3.05, 3.63) is 0 Å². The summed E-state index contributed by atoms with van der Waals surface area (Å²) in [6.45, 7) is 6.23. The predicted octanol–water partition coefficient (Wildman–Crippen LogP) is 2.10. The highest BCUT2D eigenvalue weighted by atomic mass is 19.4. The highest BCUT2D eigenvalue weighted by Crippen LogP contribution is 2.26. The fourth-order valence-electron chi connectivity index (χ4n) is 1.56. The van der Waals surface area contributed by atoms with E-state index in [2.05, 4.69) is 0 Å². The van der Waals surface area contributed by atoms with Gasteiger partial charge in [-0.25, -0.2) is 0 Å². The van der Waals surface area contributed by atoms with Crippen LogP contribution in [0, 0.1) is 11.3 Å². The second kappa shape index (κ2) is 5.16. The zero-order chi connectivity index (χ0) is 12.3. The molecule has 0 aromatic carbocycles. The van der Waals surface area contributed by atoms with Gasteiger partial charge < -0.3 is 10.6 Å². The zero-order valence-electron chi connectivity index (χ0n) is 9.86. The molecule has 0 aliphatic rings. The van der Waals surface area contributed by atoms with Gasteiger partial charge in [-0.05, 0) is 12.5 Å². The maximum atomic E-state index is 12.4. The van der Waals surface area contributed by atoms with Crippen LogP contribution in [0.5, 0.6) is 0 Å². The number of nitrogens with zero attached hydrogens (tertiary/aromatic N) is 1. The van der Waals surface area contributed by atoms with Crippen LogP contribution in [0.15, 0.2) is 0 Å². The molecule has 0 radical (unpaired) electrons. The van der Waals surface area contributed by atoms with Crippen molar-refractivity contribution in [2.75, 3.05) is 26.7 Å². The number of rotatable bonds is 4. The summed E-state index contributed by atoms with van der Waals surface area (Å²) in [6, 6.07) is 0. The summed E-state index contributed by atoms with van der Waals surface area (Å²) in [5.74, 6) is -1.43. The number of hydrogen-bond acceptors (Lipinski definition) is 2. The van der Waals surface area contributed by atoms with E-state index < -0.39 is 12.1 Å². The Morgan fingerprint density at radius 1 is 1.20 bits per heavy atom. The maximum absolute atomic E-state index is 12.4. The lowest BCUT2D eigenvalue weighted by molar-refractivity contribution is -0.176. The van der Waals surface area contributed by atoms with E-state index >= 15 is 0 Å². The van der Waals surface area contributed by atoms with E-state index in [4.69, 9.17) is 5.73 Å². The number of alkyl halides is 3. The van der Waals surface area contributed by atoms with Gasteiger partial charge in [-0.1, -0.05) is 20.8 Å². The van der Waals surface area contributed by atoms with Crippen molar-refractivity contribution < 1.29 is 13.2 Å². The van der Waals surface area contributed by atoms with Crippen LogP contribution in [0.1, 0.15) is 20.8 Å². The van der Waals surface area contributed by atoms with E-state index in [0.29, 0.717) is 6.54 Å². The average molecular weight is 226 g/mol. The van der Waals surface area contributed by atoms with Gasteiger partial charge in [0.25, 0.3) is 0 Å². The fraction of sp³-hybridized carbons (Fsp3) is 1.00. The smallest absolute Gasteiger partial charge is 0.330 e. The Morgan fingerprint density at radius 3 is 1.93 bits per heavy atom. The van der Waals surface area contributed by atoms with Gasteiger partial charge in [0.15, 0.2) is 0 Å². The zero-order valence-corrected chi connectivity index (χ0v) is 9.86. The Hall–Kier alpha value is -0.290. The molecule has 0 bridgehead atoms. The maximum Gasteiger partial charge on any atom is 0.394 e. The first-order valence-electron chi connectivity index (χ1n) is 5.01. The normalized spacial score (nSPS) is 15.8. The van der Waals surface area contributed by atoms with E-state index in [1.54, 1.807) is 11.9 Å². The van der Waals surface area contributed by atoms with Gasteiger partial charge >= 0.3 is 6.18 Å². The van der Waals surface area contributed by atoms with Crippen LogP contribution in [0.4, 0.5) is 13.2 Å².